The van der Waals surface area contributed by atoms with Crippen LogP contribution >= 0.6 is 0 Å². The van der Waals surface area contributed by atoms with Gasteiger partial charge in [0, 0.05) is 38.4 Å². The number of aromatic hydroxyl groups is 1. The number of aromatic nitrogens is 1. The van der Waals surface area contributed by atoms with E-state index in [9.17, 15) is 9.90 Å². The molecule has 2 heterocycles. The lowest BCUT2D eigenvalue weighted by Crippen LogP contribution is -2.46. The van der Waals surface area contributed by atoms with Crippen LogP contribution in [0.5, 0.6) is 5.75 Å². The first kappa shape index (κ1) is 21.3. The van der Waals surface area contributed by atoms with Crippen LogP contribution in [0.15, 0.2) is 42.5 Å². The van der Waals surface area contributed by atoms with Crippen LogP contribution in [-0.2, 0) is 17.7 Å². The largest absolute Gasteiger partial charge is 0.505 e. The molecule has 1 aromatic carbocycles. The maximum atomic E-state index is 11.6. The number of carbonyl (C=O) groups excluding carboxylic acids is 1. The zero-order valence-corrected chi connectivity index (χ0v) is 17.2. The Labute approximate surface area is 173 Å². The van der Waals surface area contributed by atoms with Crippen molar-refractivity contribution < 1.29 is 14.6 Å². The Hall–Kier alpha value is -2.44. The van der Waals surface area contributed by atoms with Crippen molar-refractivity contribution in [1.29, 1.82) is 0 Å². The molecule has 1 aliphatic heterocycles. The summed E-state index contributed by atoms with van der Waals surface area (Å²) in [6.07, 6.45) is 4.11. The second-order valence-corrected chi connectivity index (χ2v) is 7.58. The molecule has 1 aliphatic rings. The van der Waals surface area contributed by atoms with Gasteiger partial charge >= 0.3 is 5.97 Å². The number of methoxy groups -OCH3 is 1. The topological polar surface area (TPSA) is 65.9 Å². The summed E-state index contributed by atoms with van der Waals surface area (Å²) in [5.74, 6) is -0.734. The molecule has 6 heteroatoms. The van der Waals surface area contributed by atoms with Crippen LogP contribution < -0.4 is 0 Å². The predicted molar refractivity (Wildman–Crippen MR) is 113 cm³/mol. The minimum Gasteiger partial charge on any atom is -0.505 e. The van der Waals surface area contributed by atoms with E-state index < -0.39 is 5.97 Å². The lowest BCUT2D eigenvalue weighted by molar-refractivity contribution is 0.0590. The van der Waals surface area contributed by atoms with Crippen molar-refractivity contribution in [3.8, 4) is 5.75 Å². The summed E-state index contributed by atoms with van der Waals surface area (Å²) in [5.41, 5.74) is 2.20. The monoisotopic (exact) mass is 397 g/mol. The van der Waals surface area contributed by atoms with Gasteiger partial charge in [-0.25, -0.2) is 9.78 Å². The Morgan fingerprint density at radius 2 is 1.72 bits per heavy atom. The molecule has 156 valence electrons. The van der Waals surface area contributed by atoms with Gasteiger partial charge in [0.05, 0.1) is 7.11 Å². The summed E-state index contributed by atoms with van der Waals surface area (Å²) < 4.78 is 4.65. The van der Waals surface area contributed by atoms with Crippen LogP contribution in [-0.4, -0.2) is 65.7 Å². The third kappa shape index (κ3) is 6.54. The van der Waals surface area contributed by atoms with Crippen molar-refractivity contribution >= 4 is 5.97 Å². The van der Waals surface area contributed by atoms with Gasteiger partial charge in [-0.1, -0.05) is 36.8 Å². The third-order valence-electron chi connectivity index (χ3n) is 5.43. The van der Waals surface area contributed by atoms with Gasteiger partial charge in [-0.2, -0.15) is 0 Å². The van der Waals surface area contributed by atoms with Crippen LogP contribution in [0.25, 0.3) is 0 Å². The van der Waals surface area contributed by atoms with Crippen LogP contribution in [0.4, 0.5) is 0 Å². The highest BCUT2D eigenvalue weighted by molar-refractivity contribution is 5.90. The number of carbonyl (C=O) groups is 1. The molecule has 1 fully saturated rings. The van der Waals surface area contributed by atoms with Crippen molar-refractivity contribution in [2.24, 2.45) is 0 Å². The molecule has 0 atom stereocenters. The van der Waals surface area contributed by atoms with Crippen LogP contribution in [0, 0.1) is 0 Å². The molecule has 2 aromatic rings. The van der Waals surface area contributed by atoms with Crippen molar-refractivity contribution in [3.05, 3.63) is 59.4 Å². The van der Waals surface area contributed by atoms with Gasteiger partial charge in [0.25, 0.3) is 0 Å². The van der Waals surface area contributed by atoms with Crippen molar-refractivity contribution in [2.75, 3.05) is 39.8 Å². The van der Waals surface area contributed by atoms with Crippen LogP contribution in [0.2, 0.25) is 0 Å². The van der Waals surface area contributed by atoms with Gasteiger partial charge in [-0.3, -0.25) is 4.90 Å². The van der Waals surface area contributed by atoms with Crippen LogP contribution in [0.1, 0.15) is 41.0 Å². The SMILES string of the molecule is COC(=O)c1nc(CCCCCN2CCN(Cc3ccccc3)CC2)ccc1O. The molecule has 0 aliphatic carbocycles. The summed E-state index contributed by atoms with van der Waals surface area (Å²) in [6, 6.07) is 14.0. The molecule has 1 aromatic heterocycles. The number of rotatable bonds is 9. The van der Waals surface area contributed by atoms with E-state index in [0.29, 0.717) is 0 Å². The number of hydrogen-bond donors (Lipinski definition) is 1. The summed E-state index contributed by atoms with van der Waals surface area (Å²) in [5, 5.41) is 9.72. The van der Waals surface area contributed by atoms with E-state index in [2.05, 4.69) is 49.9 Å². The number of nitrogens with zero attached hydrogens (tertiary/aromatic N) is 3. The standard InChI is InChI=1S/C23H31N3O3/c1-29-23(28)22-21(27)12-11-20(24-22)10-6-3-7-13-25-14-16-26(17-15-25)18-19-8-4-2-5-9-19/h2,4-5,8-9,11-12,27H,3,6-7,10,13-18H2,1H3. The summed E-state index contributed by atoms with van der Waals surface area (Å²) in [6.45, 7) is 6.70. The van der Waals surface area contributed by atoms with Gasteiger partial charge in [0.15, 0.2) is 5.69 Å². The molecule has 3 rings (SSSR count). The molecule has 1 saturated heterocycles. The number of piperazine rings is 1. The van der Waals surface area contributed by atoms with Gasteiger partial charge in [0.1, 0.15) is 5.75 Å². The number of hydrogen-bond acceptors (Lipinski definition) is 6. The van der Waals surface area contributed by atoms with E-state index >= 15 is 0 Å². The molecular formula is C23H31N3O3. The molecule has 1 N–H and O–H groups in total. The van der Waals surface area contributed by atoms with Crippen molar-refractivity contribution in [2.45, 2.75) is 32.2 Å². The Morgan fingerprint density at radius 1 is 1.00 bits per heavy atom. The highest BCUT2D eigenvalue weighted by Crippen LogP contribution is 2.17. The molecule has 0 spiro atoms. The van der Waals surface area contributed by atoms with E-state index in [0.717, 1.165) is 64.2 Å². The minimum absolute atomic E-state index is 0.00151. The van der Waals surface area contributed by atoms with Gasteiger partial charge in [0.2, 0.25) is 0 Å². The number of unbranched alkanes of at least 4 members (excludes halogenated alkanes) is 2. The highest BCUT2D eigenvalue weighted by atomic mass is 16.5. The lowest BCUT2D eigenvalue weighted by Gasteiger charge is -2.34. The zero-order valence-electron chi connectivity index (χ0n) is 17.2. The van der Waals surface area contributed by atoms with E-state index in [4.69, 9.17) is 0 Å². The number of ether oxygens (including phenoxy) is 1. The minimum atomic E-state index is -0.601. The van der Waals surface area contributed by atoms with Crippen LogP contribution in [0.3, 0.4) is 0 Å². The summed E-state index contributed by atoms with van der Waals surface area (Å²) in [7, 11) is 1.29. The smallest absolute Gasteiger partial charge is 0.360 e. The molecule has 0 saturated carbocycles. The number of benzene rings is 1. The van der Waals surface area contributed by atoms with E-state index in [-0.39, 0.29) is 11.4 Å². The van der Waals surface area contributed by atoms with Gasteiger partial charge in [-0.15, -0.1) is 0 Å². The molecule has 6 nitrogen and oxygen atoms in total. The Kier molecular flexibility index (Phi) is 8.02. The van der Waals surface area contributed by atoms with E-state index in [1.807, 2.05) is 0 Å². The zero-order chi connectivity index (χ0) is 20.5. The first-order valence-electron chi connectivity index (χ1n) is 10.4. The lowest BCUT2D eigenvalue weighted by atomic mass is 10.1. The first-order chi connectivity index (χ1) is 14.2. The Bertz CT molecular complexity index is 774. The Morgan fingerprint density at radius 3 is 2.45 bits per heavy atom. The fraction of sp³-hybridized carbons (Fsp3) is 0.478. The fourth-order valence-electron chi connectivity index (χ4n) is 3.71. The first-order valence-corrected chi connectivity index (χ1v) is 10.4. The summed E-state index contributed by atoms with van der Waals surface area (Å²) >= 11 is 0. The normalized spacial score (nSPS) is 15.3. The maximum Gasteiger partial charge on any atom is 0.360 e. The second-order valence-electron chi connectivity index (χ2n) is 7.58. The average Bonchev–Trinajstić information content (AvgIpc) is 2.76. The molecule has 29 heavy (non-hydrogen) atoms. The number of esters is 1. The maximum absolute atomic E-state index is 11.6. The van der Waals surface area contributed by atoms with Crippen molar-refractivity contribution in [3.63, 3.8) is 0 Å². The molecular weight excluding hydrogens is 366 g/mol. The molecule has 0 unspecified atom stereocenters. The van der Waals surface area contributed by atoms with Gasteiger partial charge in [-0.05, 0) is 43.5 Å². The predicted octanol–water partition coefficient (Wildman–Crippen LogP) is 3.10. The molecule has 0 radical (unpaired) electrons. The summed E-state index contributed by atoms with van der Waals surface area (Å²) in [4.78, 5) is 20.9. The third-order valence-corrected chi connectivity index (χ3v) is 5.43. The van der Waals surface area contributed by atoms with E-state index in [1.165, 1.54) is 25.2 Å². The average molecular weight is 398 g/mol. The van der Waals surface area contributed by atoms with Gasteiger partial charge < -0.3 is 14.7 Å². The van der Waals surface area contributed by atoms with E-state index in [1.54, 1.807) is 6.07 Å². The highest BCUT2D eigenvalue weighted by Gasteiger charge is 2.17. The number of pyridine rings is 1. The molecule has 0 bridgehead atoms. The molecule has 0 amide bonds. The quantitative estimate of drug-likeness (QED) is 0.518. The Balaban J connectivity index is 1.31. The fourth-order valence-corrected chi connectivity index (χ4v) is 3.71. The van der Waals surface area contributed by atoms with Crippen molar-refractivity contribution in [1.82, 2.24) is 14.8 Å². The second kappa shape index (κ2) is 10.9. The number of aryl methyl sites for hydroxylation is 1.